The van der Waals surface area contributed by atoms with E-state index in [1.54, 1.807) is 0 Å². The van der Waals surface area contributed by atoms with E-state index in [1.165, 1.54) is 25.7 Å². The molecule has 0 radical (unpaired) electrons. The normalized spacial score (nSPS) is 20.4. The van der Waals surface area contributed by atoms with Crippen LogP contribution in [0.15, 0.2) is 18.2 Å². The predicted molar refractivity (Wildman–Crippen MR) is 76.1 cm³/mol. The number of rotatable bonds is 4. The molecule has 1 heterocycles. The van der Waals surface area contributed by atoms with Crippen molar-refractivity contribution in [2.24, 2.45) is 5.92 Å². The first-order chi connectivity index (χ1) is 9.33. The van der Waals surface area contributed by atoms with E-state index in [9.17, 15) is 4.21 Å². The predicted octanol–water partition coefficient (Wildman–Crippen LogP) is 2.90. The zero-order chi connectivity index (χ0) is 13.1. The second-order valence-corrected chi connectivity index (χ2v) is 6.84. The van der Waals surface area contributed by atoms with Crippen molar-refractivity contribution in [2.45, 2.75) is 31.4 Å². The van der Waals surface area contributed by atoms with Gasteiger partial charge < -0.3 is 9.47 Å². The minimum Gasteiger partial charge on any atom is -0.486 e. The van der Waals surface area contributed by atoms with Crippen molar-refractivity contribution >= 4 is 10.8 Å². The van der Waals surface area contributed by atoms with Crippen LogP contribution in [0.4, 0.5) is 0 Å². The number of fused-ring (bicyclic) bond motifs is 1. The second-order valence-electron chi connectivity index (χ2n) is 5.34. The van der Waals surface area contributed by atoms with Crippen LogP contribution in [0.5, 0.6) is 11.5 Å². The summed E-state index contributed by atoms with van der Waals surface area (Å²) in [6, 6.07) is 5.87. The standard InChI is InChI=1S/C15H20O3S/c16-19(10-12-4-1-2-5-12)11-13-6-3-7-14-15(13)18-9-8-17-14/h3,6-7,12H,1-2,4-5,8-11H2/t19-/m0/s1. The highest BCUT2D eigenvalue weighted by Crippen LogP contribution is 2.34. The van der Waals surface area contributed by atoms with E-state index in [0.717, 1.165) is 22.8 Å². The monoisotopic (exact) mass is 280 g/mol. The van der Waals surface area contributed by atoms with Crippen LogP contribution < -0.4 is 9.47 Å². The molecule has 4 heteroatoms. The molecule has 1 aromatic carbocycles. The highest BCUT2D eigenvalue weighted by Gasteiger charge is 2.20. The Bertz CT molecular complexity index is 466. The number of ether oxygens (including phenoxy) is 2. The first-order valence-electron chi connectivity index (χ1n) is 7.05. The summed E-state index contributed by atoms with van der Waals surface area (Å²) in [5.74, 6) is 3.68. The number of para-hydroxylation sites is 1. The van der Waals surface area contributed by atoms with Crippen molar-refractivity contribution in [3.63, 3.8) is 0 Å². The maximum absolute atomic E-state index is 12.3. The molecule has 1 aromatic rings. The van der Waals surface area contributed by atoms with Crippen LogP contribution in [0, 0.1) is 5.92 Å². The summed E-state index contributed by atoms with van der Waals surface area (Å²) in [5.41, 5.74) is 1.02. The van der Waals surface area contributed by atoms with E-state index in [1.807, 2.05) is 18.2 Å². The van der Waals surface area contributed by atoms with Crippen molar-refractivity contribution < 1.29 is 13.7 Å². The first kappa shape index (κ1) is 13.0. The van der Waals surface area contributed by atoms with Crippen molar-refractivity contribution in [1.29, 1.82) is 0 Å². The van der Waals surface area contributed by atoms with Crippen LogP contribution in [0.25, 0.3) is 0 Å². The lowest BCUT2D eigenvalue weighted by Gasteiger charge is -2.21. The van der Waals surface area contributed by atoms with Gasteiger partial charge in [-0.15, -0.1) is 0 Å². The summed E-state index contributed by atoms with van der Waals surface area (Å²) < 4.78 is 23.5. The number of hydrogen-bond donors (Lipinski definition) is 0. The molecule has 1 aliphatic heterocycles. The lowest BCUT2D eigenvalue weighted by Crippen LogP contribution is -2.17. The van der Waals surface area contributed by atoms with E-state index in [0.29, 0.717) is 24.9 Å². The maximum Gasteiger partial charge on any atom is 0.165 e. The highest BCUT2D eigenvalue weighted by atomic mass is 32.2. The lowest BCUT2D eigenvalue weighted by atomic mass is 10.1. The molecule has 0 bridgehead atoms. The van der Waals surface area contributed by atoms with Crippen molar-refractivity contribution in [3.8, 4) is 11.5 Å². The molecule has 2 aliphatic rings. The van der Waals surface area contributed by atoms with Crippen LogP contribution in [-0.2, 0) is 16.6 Å². The minimum absolute atomic E-state index is 0.583. The van der Waals surface area contributed by atoms with Gasteiger partial charge in [-0.3, -0.25) is 4.21 Å². The van der Waals surface area contributed by atoms with Crippen LogP contribution in [0.2, 0.25) is 0 Å². The molecule has 1 aliphatic carbocycles. The highest BCUT2D eigenvalue weighted by molar-refractivity contribution is 7.84. The Kier molecular flexibility index (Phi) is 4.06. The van der Waals surface area contributed by atoms with Gasteiger partial charge in [0, 0.05) is 22.1 Å². The fourth-order valence-corrected chi connectivity index (χ4v) is 4.47. The van der Waals surface area contributed by atoms with Crippen molar-refractivity contribution in [3.05, 3.63) is 23.8 Å². The third-order valence-corrected chi connectivity index (χ3v) is 5.34. The Morgan fingerprint density at radius 3 is 2.79 bits per heavy atom. The first-order valence-corrected chi connectivity index (χ1v) is 8.54. The maximum atomic E-state index is 12.3. The fourth-order valence-electron chi connectivity index (χ4n) is 2.92. The van der Waals surface area contributed by atoms with E-state index in [2.05, 4.69) is 0 Å². The summed E-state index contributed by atoms with van der Waals surface area (Å²) in [4.78, 5) is 0. The average Bonchev–Trinajstić information content (AvgIpc) is 2.92. The quantitative estimate of drug-likeness (QED) is 0.850. The van der Waals surface area contributed by atoms with Crippen LogP contribution >= 0.6 is 0 Å². The Morgan fingerprint density at radius 1 is 1.16 bits per heavy atom. The Morgan fingerprint density at radius 2 is 1.95 bits per heavy atom. The molecular weight excluding hydrogens is 260 g/mol. The molecule has 19 heavy (non-hydrogen) atoms. The molecule has 3 rings (SSSR count). The van der Waals surface area contributed by atoms with Gasteiger partial charge in [-0.2, -0.15) is 0 Å². The zero-order valence-corrected chi connectivity index (χ0v) is 11.9. The van der Waals surface area contributed by atoms with E-state index in [-0.39, 0.29) is 0 Å². The largest absolute Gasteiger partial charge is 0.486 e. The topological polar surface area (TPSA) is 35.5 Å². The fraction of sp³-hybridized carbons (Fsp3) is 0.600. The molecule has 0 amide bonds. The van der Waals surface area contributed by atoms with Crippen LogP contribution in [0.3, 0.4) is 0 Å². The van der Waals surface area contributed by atoms with Gasteiger partial charge in [-0.1, -0.05) is 25.0 Å². The summed E-state index contributed by atoms with van der Waals surface area (Å²) in [5, 5.41) is 0. The Labute approximate surface area is 116 Å². The van der Waals surface area contributed by atoms with Crippen molar-refractivity contribution in [1.82, 2.24) is 0 Å². The van der Waals surface area contributed by atoms with Crippen LogP contribution in [-0.4, -0.2) is 23.2 Å². The third-order valence-electron chi connectivity index (χ3n) is 3.86. The van der Waals surface area contributed by atoms with Gasteiger partial charge in [0.15, 0.2) is 11.5 Å². The minimum atomic E-state index is -0.794. The molecule has 0 aromatic heterocycles. The SMILES string of the molecule is O=[S@](Cc1cccc2c1OCCO2)CC1CCCC1. The summed E-state index contributed by atoms with van der Waals surface area (Å²) in [6.45, 7) is 1.18. The molecule has 3 nitrogen and oxygen atoms in total. The number of hydrogen-bond acceptors (Lipinski definition) is 3. The molecule has 1 fully saturated rings. The molecule has 1 saturated carbocycles. The average molecular weight is 280 g/mol. The zero-order valence-electron chi connectivity index (χ0n) is 11.1. The number of benzene rings is 1. The molecule has 1 atom stereocenters. The molecule has 0 saturated heterocycles. The van der Waals surface area contributed by atoms with E-state index < -0.39 is 10.8 Å². The molecule has 0 N–H and O–H groups in total. The molecule has 0 unspecified atom stereocenters. The smallest absolute Gasteiger partial charge is 0.165 e. The van der Waals surface area contributed by atoms with Crippen LogP contribution in [0.1, 0.15) is 31.2 Å². The summed E-state index contributed by atoms with van der Waals surface area (Å²) in [7, 11) is -0.794. The van der Waals surface area contributed by atoms with Gasteiger partial charge in [0.1, 0.15) is 13.2 Å². The Hall–Kier alpha value is -1.03. The third kappa shape index (κ3) is 3.11. The van der Waals surface area contributed by atoms with Crippen molar-refractivity contribution in [2.75, 3.05) is 19.0 Å². The second kappa shape index (κ2) is 5.95. The molecule has 0 spiro atoms. The van der Waals surface area contributed by atoms with E-state index >= 15 is 0 Å². The van der Waals surface area contributed by atoms with E-state index in [4.69, 9.17) is 9.47 Å². The van der Waals surface area contributed by atoms with Gasteiger partial charge >= 0.3 is 0 Å². The lowest BCUT2D eigenvalue weighted by molar-refractivity contribution is 0.170. The van der Waals surface area contributed by atoms with Gasteiger partial charge in [-0.05, 0) is 24.8 Å². The summed E-state index contributed by atoms with van der Waals surface area (Å²) >= 11 is 0. The Balaban J connectivity index is 1.67. The molecule has 104 valence electrons. The summed E-state index contributed by atoms with van der Waals surface area (Å²) in [6.07, 6.45) is 5.11. The van der Waals surface area contributed by atoms with Gasteiger partial charge in [-0.25, -0.2) is 0 Å². The van der Waals surface area contributed by atoms with Gasteiger partial charge in [0.25, 0.3) is 0 Å². The van der Waals surface area contributed by atoms with Gasteiger partial charge in [0.05, 0.1) is 5.75 Å². The molecular formula is C15H20O3S. The van der Waals surface area contributed by atoms with Gasteiger partial charge in [0.2, 0.25) is 0 Å².